The average Bonchev–Trinajstić information content (AvgIpc) is 2.43. The van der Waals surface area contributed by atoms with Crippen LogP contribution in [0.2, 0.25) is 0 Å². The molecule has 0 aliphatic heterocycles. The molecule has 4 N–H and O–H groups in total. The van der Waals surface area contributed by atoms with Gasteiger partial charge in [-0.05, 0) is 37.5 Å². The van der Waals surface area contributed by atoms with Gasteiger partial charge >= 0.3 is 0 Å². The average molecular weight is 314 g/mol. The Morgan fingerprint density at radius 3 is 2.62 bits per heavy atom. The SMILES string of the molecule is COc1cc(C)c(N)cc1S(=O)(=O)N[C@H]1CCCC[C@@H]1O. The van der Waals surface area contributed by atoms with Gasteiger partial charge in [-0.2, -0.15) is 0 Å². The number of nitrogen functional groups attached to an aromatic ring is 1. The summed E-state index contributed by atoms with van der Waals surface area (Å²) in [4.78, 5) is 0.00544. The number of nitrogens with two attached hydrogens (primary N) is 1. The second-order valence-corrected chi connectivity index (χ2v) is 7.12. The zero-order chi connectivity index (χ0) is 15.6. The molecular weight excluding hydrogens is 292 g/mol. The highest BCUT2D eigenvalue weighted by atomic mass is 32.2. The minimum Gasteiger partial charge on any atom is -0.495 e. The van der Waals surface area contributed by atoms with Crippen LogP contribution >= 0.6 is 0 Å². The Kier molecular flexibility index (Phi) is 4.75. The zero-order valence-corrected chi connectivity index (χ0v) is 13.1. The van der Waals surface area contributed by atoms with Gasteiger partial charge < -0.3 is 15.6 Å². The summed E-state index contributed by atoms with van der Waals surface area (Å²) in [5, 5.41) is 9.92. The van der Waals surface area contributed by atoms with E-state index in [1.54, 1.807) is 13.0 Å². The number of methoxy groups -OCH3 is 1. The fourth-order valence-electron chi connectivity index (χ4n) is 2.56. The number of nitrogens with one attached hydrogen (secondary N) is 1. The standard InChI is InChI=1S/C14H22N2O4S/c1-9-7-13(20-2)14(8-10(9)15)21(18,19)16-11-5-3-4-6-12(11)17/h7-8,11-12,16-17H,3-6,15H2,1-2H3/t11-,12-/m0/s1. The number of benzene rings is 1. The van der Waals surface area contributed by atoms with Crippen LogP contribution in [0.25, 0.3) is 0 Å². The molecule has 0 unspecified atom stereocenters. The summed E-state index contributed by atoms with van der Waals surface area (Å²) in [7, 11) is -2.37. The van der Waals surface area contributed by atoms with Crippen LogP contribution in [-0.2, 0) is 10.0 Å². The molecule has 6 nitrogen and oxygen atoms in total. The van der Waals surface area contributed by atoms with Gasteiger partial charge in [0.25, 0.3) is 0 Å². The molecule has 0 aromatic heterocycles. The highest BCUT2D eigenvalue weighted by Crippen LogP contribution is 2.30. The highest BCUT2D eigenvalue weighted by molar-refractivity contribution is 7.89. The maximum atomic E-state index is 12.5. The minimum atomic E-state index is -3.79. The first-order valence-electron chi connectivity index (χ1n) is 6.99. The van der Waals surface area contributed by atoms with Crippen LogP contribution in [0.5, 0.6) is 5.75 Å². The van der Waals surface area contributed by atoms with E-state index in [4.69, 9.17) is 10.5 Å². The van der Waals surface area contributed by atoms with Crippen LogP contribution in [0.1, 0.15) is 31.2 Å². The van der Waals surface area contributed by atoms with Crippen LogP contribution in [-0.4, -0.2) is 32.8 Å². The number of sulfonamides is 1. The summed E-state index contributed by atoms with van der Waals surface area (Å²) in [6, 6.07) is 2.53. The van der Waals surface area contributed by atoms with Crippen molar-refractivity contribution in [3.8, 4) is 5.75 Å². The van der Waals surface area contributed by atoms with Crippen molar-refractivity contribution in [2.45, 2.75) is 49.6 Å². The van der Waals surface area contributed by atoms with Crippen molar-refractivity contribution in [2.24, 2.45) is 0 Å². The van der Waals surface area contributed by atoms with E-state index in [0.717, 1.165) is 18.4 Å². The smallest absolute Gasteiger partial charge is 0.244 e. The minimum absolute atomic E-state index is 0.00544. The Bertz CT molecular complexity index is 616. The molecule has 1 aromatic carbocycles. The molecule has 0 radical (unpaired) electrons. The molecule has 1 saturated carbocycles. The first-order valence-corrected chi connectivity index (χ1v) is 8.48. The molecule has 7 heteroatoms. The molecule has 0 saturated heterocycles. The Morgan fingerprint density at radius 1 is 1.33 bits per heavy atom. The van der Waals surface area contributed by atoms with Gasteiger partial charge in [0, 0.05) is 11.7 Å². The van der Waals surface area contributed by atoms with E-state index in [2.05, 4.69) is 4.72 Å². The van der Waals surface area contributed by atoms with Gasteiger partial charge in [0.1, 0.15) is 10.6 Å². The maximum absolute atomic E-state index is 12.5. The third-order valence-electron chi connectivity index (χ3n) is 3.88. The van der Waals surface area contributed by atoms with Gasteiger partial charge in [-0.25, -0.2) is 13.1 Å². The second-order valence-electron chi connectivity index (χ2n) is 5.44. The summed E-state index contributed by atoms with van der Waals surface area (Å²) in [6.45, 7) is 1.78. The van der Waals surface area contributed by atoms with Crippen LogP contribution < -0.4 is 15.2 Å². The van der Waals surface area contributed by atoms with Gasteiger partial charge in [0.2, 0.25) is 10.0 Å². The van der Waals surface area contributed by atoms with Crippen LogP contribution in [0.3, 0.4) is 0 Å². The van der Waals surface area contributed by atoms with Crippen molar-refractivity contribution in [3.05, 3.63) is 17.7 Å². The van der Waals surface area contributed by atoms with E-state index in [1.807, 2.05) is 0 Å². The summed E-state index contributed by atoms with van der Waals surface area (Å²) in [6.07, 6.45) is 2.41. The zero-order valence-electron chi connectivity index (χ0n) is 12.3. The van der Waals surface area contributed by atoms with E-state index in [-0.39, 0.29) is 10.6 Å². The monoisotopic (exact) mass is 314 g/mol. The Morgan fingerprint density at radius 2 is 2.00 bits per heavy atom. The Labute approximate surface area is 125 Å². The molecule has 2 atom stereocenters. The first-order chi connectivity index (χ1) is 9.85. The molecule has 118 valence electrons. The summed E-state index contributed by atoms with van der Waals surface area (Å²) in [5.41, 5.74) is 6.95. The van der Waals surface area contributed by atoms with E-state index in [0.29, 0.717) is 18.5 Å². The number of ether oxygens (including phenoxy) is 1. The summed E-state index contributed by atoms with van der Waals surface area (Å²) in [5.74, 6) is 0.250. The number of anilines is 1. The van der Waals surface area contributed by atoms with Crippen molar-refractivity contribution in [3.63, 3.8) is 0 Å². The molecule has 1 fully saturated rings. The Balaban J connectivity index is 2.33. The topological polar surface area (TPSA) is 102 Å². The molecule has 0 amide bonds. The van der Waals surface area contributed by atoms with Crippen LogP contribution in [0.15, 0.2) is 17.0 Å². The second kappa shape index (κ2) is 6.21. The van der Waals surface area contributed by atoms with Crippen molar-refractivity contribution in [2.75, 3.05) is 12.8 Å². The van der Waals surface area contributed by atoms with Gasteiger partial charge in [-0.3, -0.25) is 0 Å². The lowest BCUT2D eigenvalue weighted by atomic mass is 9.93. The van der Waals surface area contributed by atoms with Gasteiger partial charge in [-0.15, -0.1) is 0 Å². The number of aryl methyl sites for hydroxylation is 1. The molecule has 1 aromatic rings. The quantitative estimate of drug-likeness (QED) is 0.724. The molecule has 1 aliphatic carbocycles. The largest absolute Gasteiger partial charge is 0.495 e. The molecule has 1 aliphatic rings. The van der Waals surface area contributed by atoms with E-state index >= 15 is 0 Å². The number of hydrogen-bond donors (Lipinski definition) is 3. The van der Waals surface area contributed by atoms with Crippen molar-refractivity contribution in [1.82, 2.24) is 4.72 Å². The molecule has 0 bridgehead atoms. The van der Waals surface area contributed by atoms with Crippen molar-refractivity contribution >= 4 is 15.7 Å². The molecule has 0 heterocycles. The predicted molar refractivity (Wildman–Crippen MR) is 80.7 cm³/mol. The molecule has 21 heavy (non-hydrogen) atoms. The number of rotatable bonds is 4. The van der Waals surface area contributed by atoms with Crippen LogP contribution in [0.4, 0.5) is 5.69 Å². The lowest BCUT2D eigenvalue weighted by Gasteiger charge is -2.28. The maximum Gasteiger partial charge on any atom is 0.244 e. The van der Waals surface area contributed by atoms with E-state index < -0.39 is 22.2 Å². The summed E-state index contributed by atoms with van der Waals surface area (Å²) < 4.78 is 32.8. The van der Waals surface area contributed by atoms with Gasteiger partial charge in [0.05, 0.1) is 13.2 Å². The van der Waals surface area contributed by atoms with E-state index in [9.17, 15) is 13.5 Å². The summed E-state index contributed by atoms with van der Waals surface area (Å²) >= 11 is 0. The normalized spacial score (nSPS) is 23.0. The third-order valence-corrected chi connectivity index (χ3v) is 5.39. The molecule has 0 spiro atoms. The van der Waals surface area contributed by atoms with Crippen molar-refractivity contribution < 1.29 is 18.3 Å². The Hall–Kier alpha value is -1.31. The molecular formula is C14H22N2O4S. The number of hydrogen-bond acceptors (Lipinski definition) is 5. The lowest BCUT2D eigenvalue weighted by molar-refractivity contribution is 0.101. The predicted octanol–water partition coefficient (Wildman–Crippen LogP) is 1.17. The number of aliphatic hydroxyl groups is 1. The molecule has 2 rings (SSSR count). The number of aliphatic hydroxyl groups excluding tert-OH is 1. The van der Waals surface area contributed by atoms with Gasteiger partial charge in [-0.1, -0.05) is 12.8 Å². The first kappa shape index (κ1) is 16.1. The van der Waals surface area contributed by atoms with Crippen LogP contribution in [0, 0.1) is 6.92 Å². The third kappa shape index (κ3) is 3.48. The fourth-order valence-corrected chi connectivity index (χ4v) is 4.05. The van der Waals surface area contributed by atoms with E-state index in [1.165, 1.54) is 13.2 Å². The van der Waals surface area contributed by atoms with Gasteiger partial charge in [0.15, 0.2) is 0 Å². The van der Waals surface area contributed by atoms with Crippen molar-refractivity contribution in [1.29, 1.82) is 0 Å². The fraction of sp³-hybridized carbons (Fsp3) is 0.571. The highest BCUT2D eigenvalue weighted by Gasteiger charge is 2.30. The lowest BCUT2D eigenvalue weighted by Crippen LogP contribution is -2.45.